The van der Waals surface area contributed by atoms with Crippen LogP contribution >= 0.6 is 12.6 Å². The van der Waals surface area contributed by atoms with Crippen molar-refractivity contribution >= 4 is 12.6 Å². The maximum atomic E-state index is 12.3. The number of thiol groups is 1. The molecule has 1 nitrogen and oxygen atoms in total. The largest absolute Gasteiger partial charge is 0.401 e. The highest BCUT2D eigenvalue weighted by atomic mass is 32.1. The van der Waals surface area contributed by atoms with Gasteiger partial charge in [-0.05, 0) is 31.1 Å². The normalized spacial score (nSPS) is 14.4. The third kappa shape index (κ3) is 8.28. The van der Waals surface area contributed by atoms with E-state index in [2.05, 4.69) is 12.6 Å². The van der Waals surface area contributed by atoms with E-state index in [-0.39, 0.29) is 5.92 Å². The fraction of sp³-hybridized carbons (Fsp3) is 1.00. The Morgan fingerprint density at radius 3 is 2.19 bits per heavy atom. The van der Waals surface area contributed by atoms with Gasteiger partial charge in [0.2, 0.25) is 0 Å². The van der Waals surface area contributed by atoms with Gasteiger partial charge in [0.25, 0.3) is 0 Å². The molecular formula is C11H22F3NS. The molecule has 0 aliphatic heterocycles. The third-order valence-electron chi connectivity index (χ3n) is 2.41. The molecule has 0 amide bonds. The molecule has 1 atom stereocenters. The lowest BCUT2D eigenvalue weighted by Gasteiger charge is -2.27. The summed E-state index contributed by atoms with van der Waals surface area (Å²) in [4.78, 5) is 1.50. The van der Waals surface area contributed by atoms with Crippen molar-refractivity contribution in [1.82, 2.24) is 4.90 Å². The van der Waals surface area contributed by atoms with Gasteiger partial charge < -0.3 is 0 Å². The van der Waals surface area contributed by atoms with Gasteiger partial charge >= 0.3 is 6.18 Å². The summed E-state index contributed by atoms with van der Waals surface area (Å²) < 4.78 is 36.9. The Morgan fingerprint density at radius 1 is 1.19 bits per heavy atom. The fourth-order valence-corrected chi connectivity index (χ4v) is 2.12. The lowest BCUT2D eigenvalue weighted by molar-refractivity contribution is -0.147. The minimum absolute atomic E-state index is 0.266. The number of nitrogens with zero attached hydrogens (tertiary/aromatic N) is 1. The molecule has 0 aliphatic carbocycles. The highest BCUT2D eigenvalue weighted by Gasteiger charge is 2.30. The first kappa shape index (κ1) is 16.1. The zero-order valence-corrected chi connectivity index (χ0v) is 10.9. The van der Waals surface area contributed by atoms with E-state index in [0.29, 0.717) is 18.8 Å². The molecule has 0 spiro atoms. The van der Waals surface area contributed by atoms with Crippen LogP contribution in [0.5, 0.6) is 0 Å². The van der Waals surface area contributed by atoms with Crippen LogP contribution in [0.15, 0.2) is 0 Å². The zero-order chi connectivity index (χ0) is 12.6. The summed E-state index contributed by atoms with van der Waals surface area (Å²) in [6.07, 6.45) is -1.40. The van der Waals surface area contributed by atoms with Crippen molar-refractivity contribution in [3.63, 3.8) is 0 Å². The summed E-state index contributed by atoms with van der Waals surface area (Å²) in [5, 5.41) is 0. The average Bonchev–Trinajstić information content (AvgIpc) is 2.15. The molecular weight excluding hydrogens is 235 g/mol. The zero-order valence-electron chi connectivity index (χ0n) is 10.1. The predicted octanol–water partition coefficient (Wildman–Crippen LogP) is 3.61. The Hall–Kier alpha value is 0.100. The van der Waals surface area contributed by atoms with Crippen LogP contribution in [0.1, 0.15) is 33.1 Å². The van der Waals surface area contributed by atoms with E-state index in [1.807, 2.05) is 13.8 Å². The summed E-state index contributed by atoms with van der Waals surface area (Å²) in [5.74, 6) is 0.925. The lowest BCUT2D eigenvalue weighted by atomic mass is 10.1. The molecule has 0 radical (unpaired) electrons. The third-order valence-corrected chi connectivity index (χ3v) is 2.93. The van der Waals surface area contributed by atoms with Gasteiger partial charge in [0.05, 0.1) is 6.54 Å². The first-order chi connectivity index (χ1) is 7.42. The van der Waals surface area contributed by atoms with Crippen LogP contribution in [-0.4, -0.2) is 36.5 Å². The summed E-state index contributed by atoms with van der Waals surface area (Å²) in [7, 11) is 0. The van der Waals surface area contributed by atoms with E-state index in [0.717, 1.165) is 19.3 Å². The number of halogens is 3. The van der Waals surface area contributed by atoms with Gasteiger partial charge in [0.1, 0.15) is 0 Å². The second-order valence-corrected chi connectivity index (χ2v) is 4.55. The molecule has 0 aromatic rings. The Labute approximate surface area is 102 Å². The highest BCUT2D eigenvalue weighted by Crippen LogP contribution is 2.19. The lowest BCUT2D eigenvalue weighted by Crippen LogP contribution is -2.38. The van der Waals surface area contributed by atoms with Gasteiger partial charge in [-0.2, -0.15) is 25.8 Å². The maximum Gasteiger partial charge on any atom is 0.401 e. The van der Waals surface area contributed by atoms with Crippen LogP contribution < -0.4 is 0 Å². The SMILES string of the molecule is CCCC(CS)CN(CCC)CC(F)(F)F. The summed E-state index contributed by atoms with van der Waals surface area (Å²) in [6, 6.07) is 0. The molecule has 5 heteroatoms. The van der Waals surface area contributed by atoms with E-state index in [4.69, 9.17) is 0 Å². The molecule has 0 rings (SSSR count). The molecule has 0 aromatic carbocycles. The first-order valence-corrected chi connectivity index (χ1v) is 6.46. The molecule has 0 N–H and O–H groups in total. The van der Waals surface area contributed by atoms with Crippen LogP contribution in [-0.2, 0) is 0 Å². The van der Waals surface area contributed by atoms with Crippen molar-refractivity contribution in [1.29, 1.82) is 0 Å². The monoisotopic (exact) mass is 257 g/mol. The topological polar surface area (TPSA) is 3.24 Å². The van der Waals surface area contributed by atoms with Crippen LogP contribution in [0.2, 0.25) is 0 Å². The molecule has 0 aromatic heterocycles. The van der Waals surface area contributed by atoms with Crippen LogP contribution in [0.4, 0.5) is 13.2 Å². The van der Waals surface area contributed by atoms with E-state index < -0.39 is 12.7 Å². The molecule has 0 heterocycles. The summed E-state index contributed by atoms with van der Waals surface area (Å²) in [6.45, 7) is 4.16. The molecule has 1 unspecified atom stereocenters. The first-order valence-electron chi connectivity index (χ1n) is 5.82. The van der Waals surface area contributed by atoms with Gasteiger partial charge in [0.15, 0.2) is 0 Å². The van der Waals surface area contributed by atoms with Crippen molar-refractivity contribution in [2.75, 3.05) is 25.4 Å². The van der Waals surface area contributed by atoms with Crippen molar-refractivity contribution in [2.45, 2.75) is 39.3 Å². The van der Waals surface area contributed by atoms with Gasteiger partial charge in [-0.15, -0.1) is 0 Å². The minimum Gasteiger partial charge on any atom is -0.295 e. The Kier molecular flexibility index (Phi) is 8.28. The van der Waals surface area contributed by atoms with E-state index in [9.17, 15) is 13.2 Å². The molecule has 0 saturated carbocycles. The van der Waals surface area contributed by atoms with Crippen LogP contribution in [0, 0.1) is 5.92 Å². The van der Waals surface area contributed by atoms with Gasteiger partial charge in [-0.1, -0.05) is 20.3 Å². The smallest absolute Gasteiger partial charge is 0.295 e. The Bertz CT molecular complexity index is 173. The fourth-order valence-electron chi connectivity index (χ4n) is 1.82. The second kappa shape index (κ2) is 8.23. The molecule has 98 valence electrons. The highest BCUT2D eigenvalue weighted by molar-refractivity contribution is 7.80. The molecule has 0 aliphatic rings. The Morgan fingerprint density at radius 2 is 1.81 bits per heavy atom. The van der Waals surface area contributed by atoms with Crippen molar-refractivity contribution in [2.24, 2.45) is 5.92 Å². The number of alkyl halides is 3. The van der Waals surface area contributed by atoms with Crippen molar-refractivity contribution in [3.8, 4) is 0 Å². The summed E-state index contributed by atoms with van der Waals surface area (Å²) >= 11 is 4.20. The van der Waals surface area contributed by atoms with Gasteiger partial charge in [0, 0.05) is 6.54 Å². The summed E-state index contributed by atoms with van der Waals surface area (Å²) in [5.41, 5.74) is 0. The van der Waals surface area contributed by atoms with Gasteiger partial charge in [-0.25, -0.2) is 0 Å². The van der Waals surface area contributed by atoms with Crippen molar-refractivity contribution < 1.29 is 13.2 Å². The quantitative estimate of drug-likeness (QED) is 0.650. The van der Waals surface area contributed by atoms with Crippen LogP contribution in [0.3, 0.4) is 0 Å². The van der Waals surface area contributed by atoms with E-state index >= 15 is 0 Å². The van der Waals surface area contributed by atoms with Crippen molar-refractivity contribution in [3.05, 3.63) is 0 Å². The predicted molar refractivity (Wildman–Crippen MR) is 65.0 cm³/mol. The molecule has 0 bridgehead atoms. The molecule has 0 fully saturated rings. The van der Waals surface area contributed by atoms with E-state index in [1.54, 1.807) is 0 Å². The second-order valence-electron chi connectivity index (χ2n) is 4.19. The van der Waals surface area contributed by atoms with Crippen LogP contribution in [0.25, 0.3) is 0 Å². The minimum atomic E-state index is -4.09. The molecule has 0 saturated heterocycles. The average molecular weight is 257 g/mol. The standard InChI is InChI=1S/C11H22F3NS/c1-3-5-10(8-16)7-15(6-4-2)9-11(12,13)14/h10,16H,3-9H2,1-2H3. The maximum absolute atomic E-state index is 12.3. The molecule has 16 heavy (non-hydrogen) atoms. The Balaban J connectivity index is 4.19. The number of rotatable bonds is 8. The van der Waals surface area contributed by atoms with Gasteiger partial charge in [-0.3, -0.25) is 4.90 Å². The number of hydrogen-bond acceptors (Lipinski definition) is 2. The van der Waals surface area contributed by atoms with E-state index in [1.165, 1.54) is 4.90 Å². The number of hydrogen-bond donors (Lipinski definition) is 1.